The number of anilines is 1. The molecule has 4 nitrogen and oxygen atoms in total. The fraction of sp³-hybridized carbons (Fsp3) is 0.176. The third-order valence-corrected chi connectivity index (χ3v) is 3.78. The predicted molar refractivity (Wildman–Crippen MR) is 83.4 cm³/mol. The average Bonchev–Trinajstić information content (AvgIpc) is 2.79. The summed E-state index contributed by atoms with van der Waals surface area (Å²) < 4.78 is 0. The molecular weight excluding hydrogens is 264 g/mol. The van der Waals surface area contributed by atoms with E-state index in [1.54, 1.807) is 17.9 Å². The summed E-state index contributed by atoms with van der Waals surface area (Å²) in [6, 6.07) is 10.8. The normalized spacial score (nSPS) is 14.3. The summed E-state index contributed by atoms with van der Waals surface area (Å²) in [6.45, 7) is 5.70. The van der Waals surface area contributed by atoms with Gasteiger partial charge in [0.25, 0.3) is 5.91 Å². The van der Waals surface area contributed by atoms with Gasteiger partial charge in [0, 0.05) is 17.5 Å². The van der Waals surface area contributed by atoms with Crippen molar-refractivity contribution in [1.82, 2.24) is 5.32 Å². The van der Waals surface area contributed by atoms with Gasteiger partial charge in [-0.25, -0.2) is 0 Å². The van der Waals surface area contributed by atoms with E-state index in [1.807, 2.05) is 36.4 Å². The van der Waals surface area contributed by atoms with Gasteiger partial charge in [-0.3, -0.25) is 14.5 Å². The number of rotatable bonds is 4. The van der Waals surface area contributed by atoms with Gasteiger partial charge in [-0.15, -0.1) is 6.58 Å². The second-order valence-corrected chi connectivity index (χ2v) is 5.07. The largest absolute Gasteiger partial charge is 0.351 e. The lowest BCUT2D eigenvalue weighted by molar-refractivity contribution is -0.121. The minimum atomic E-state index is -0.560. The van der Waals surface area contributed by atoms with Gasteiger partial charge in [0.1, 0.15) is 6.04 Å². The molecule has 4 heteroatoms. The van der Waals surface area contributed by atoms with Gasteiger partial charge in [0.2, 0.25) is 5.91 Å². The monoisotopic (exact) mass is 280 g/mol. The molecule has 0 radical (unpaired) electrons. The number of carbonyl (C=O) groups is 2. The minimum absolute atomic E-state index is 0.122. The quantitative estimate of drug-likeness (QED) is 0.875. The van der Waals surface area contributed by atoms with E-state index in [4.69, 9.17) is 0 Å². The van der Waals surface area contributed by atoms with E-state index in [1.165, 1.54) is 0 Å². The highest BCUT2D eigenvalue weighted by atomic mass is 16.2. The molecule has 21 heavy (non-hydrogen) atoms. The molecule has 0 spiro atoms. The van der Waals surface area contributed by atoms with Gasteiger partial charge < -0.3 is 5.32 Å². The lowest BCUT2D eigenvalue weighted by atomic mass is 10.1. The maximum atomic E-state index is 12.6. The van der Waals surface area contributed by atoms with Crippen LogP contribution < -0.4 is 10.2 Å². The Kier molecular flexibility index (Phi) is 3.22. The van der Waals surface area contributed by atoms with E-state index in [9.17, 15) is 9.59 Å². The summed E-state index contributed by atoms with van der Waals surface area (Å²) >= 11 is 0. The summed E-state index contributed by atoms with van der Waals surface area (Å²) in [7, 11) is 0. The average molecular weight is 280 g/mol. The third-order valence-electron chi connectivity index (χ3n) is 3.78. The predicted octanol–water partition coefficient (Wildman–Crippen LogP) is 2.49. The Morgan fingerprint density at radius 1 is 1.33 bits per heavy atom. The first-order chi connectivity index (χ1) is 10.1. The SMILES string of the molecule is C=CCNC(=O)[C@H](C)N1C(=O)c2cccc3cccc1c23. The van der Waals surface area contributed by atoms with Crippen LogP contribution in [0.15, 0.2) is 49.1 Å². The molecule has 0 bridgehead atoms. The smallest absolute Gasteiger partial charge is 0.259 e. The standard InChI is InChI=1S/C17H16N2O2/c1-3-10-18-16(20)11(2)19-14-9-5-7-12-6-4-8-13(15(12)14)17(19)21/h3-9,11H,1,10H2,2H3,(H,18,20)/t11-/m0/s1. The topological polar surface area (TPSA) is 49.4 Å². The molecule has 1 aliphatic heterocycles. The Labute approximate surface area is 123 Å². The first kappa shape index (κ1) is 13.4. The van der Waals surface area contributed by atoms with Gasteiger partial charge in [-0.05, 0) is 24.4 Å². The van der Waals surface area contributed by atoms with E-state index in [-0.39, 0.29) is 11.8 Å². The van der Waals surface area contributed by atoms with E-state index < -0.39 is 6.04 Å². The summed E-state index contributed by atoms with van der Waals surface area (Å²) in [5.41, 5.74) is 1.46. The third kappa shape index (κ3) is 2.00. The first-order valence-electron chi connectivity index (χ1n) is 6.89. The van der Waals surface area contributed by atoms with Crippen molar-refractivity contribution in [3.05, 3.63) is 54.6 Å². The Balaban J connectivity index is 2.03. The highest BCUT2D eigenvalue weighted by Crippen LogP contribution is 2.38. The molecule has 1 heterocycles. The minimum Gasteiger partial charge on any atom is -0.351 e. The summed E-state index contributed by atoms with van der Waals surface area (Å²) in [4.78, 5) is 26.3. The summed E-state index contributed by atoms with van der Waals surface area (Å²) in [5.74, 6) is -0.309. The number of amides is 2. The molecule has 2 aromatic carbocycles. The molecule has 3 rings (SSSR count). The van der Waals surface area contributed by atoms with Crippen molar-refractivity contribution in [1.29, 1.82) is 0 Å². The molecule has 0 saturated carbocycles. The van der Waals surface area contributed by atoms with Crippen molar-refractivity contribution < 1.29 is 9.59 Å². The van der Waals surface area contributed by atoms with E-state index in [0.717, 1.165) is 16.5 Å². The summed E-state index contributed by atoms with van der Waals surface area (Å²) in [6.07, 6.45) is 1.62. The second-order valence-electron chi connectivity index (χ2n) is 5.07. The van der Waals surface area contributed by atoms with Gasteiger partial charge in [0.05, 0.1) is 5.69 Å². The molecule has 0 fully saturated rings. The van der Waals surface area contributed by atoms with E-state index in [0.29, 0.717) is 12.1 Å². The number of carbonyl (C=O) groups excluding carboxylic acids is 2. The maximum Gasteiger partial charge on any atom is 0.259 e. The lowest BCUT2D eigenvalue weighted by Gasteiger charge is -2.24. The van der Waals surface area contributed by atoms with Crippen molar-refractivity contribution in [3.63, 3.8) is 0 Å². The van der Waals surface area contributed by atoms with Crippen LogP contribution in [0, 0.1) is 0 Å². The summed E-state index contributed by atoms with van der Waals surface area (Å²) in [5, 5.41) is 4.68. The van der Waals surface area contributed by atoms with Gasteiger partial charge >= 0.3 is 0 Å². The van der Waals surface area contributed by atoms with Crippen molar-refractivity contribution >= 4 is 28.3 Å². The number of nitrogens with zero attached hydrogens (tertiary/aromatic N) is 1. The van der Waals surface area contributed by atoms with Crippen LogP contribution in [0.4, 0.5) is 5.69 Å². The van der Waals surface area contributed by atoms with Crippen LogP contribution in [0.3, 0.4) is 0 Å². The molecular formula is C17H16N2O2. The van der Waals surface area contributed by atoms with E-state index >= 15 is 0 Å². The van der Waals surface area contributed by atoms with Crippen molar-refractivity contribution in [3.8, 4) is 0 Å². The molecule has 0 aromatic heterocycles. The van der Waals surface area contributed by atoms with Crippen LogP contribution in [-0.4, -0.2) is 24.4 Å². The first-order valence-corrected chi connectivity index (χ1v) is 6.89. The van der Waals surface area contributed by atoms with Crippen LogP contribution in [0.25, 0.3) is 10.8 Å². The Morgan fingerprint density at radius 2 is 2.05 bits per heavy atom. The molecule has 0 saturated heterocycles. The highest BCUT2D eigenvalue weighted by Gasteiger charge is 2.35. The van der Waals surface area contributed by atoms with Crippen LogP contribution in [0.1, 0.15) is 17.3 Å². The zero-order chi connectivity index (χ0) is 15.0. The van der Waals surface area contributed by atoms with Crippen molar-refractivity contribution in [2.75, 3.05) is 11.4 Å². The number of hydrogen-bond acceptors (Lipinski definition) is 2. The molecule has 106 valence electrons. The van der Waals surface area contributed by atoms with E-state index in [2.05, 4.69) is 11.9 Å². The molecule has 1 atom stereocenters. The second kappa shape index (κ2) is 5.05. The Morgan fingerprint density at radius 3 is 2.76 bits per heavy atom. The van der Waals surface area contributed by atoms with Crippen LogP contribution >= 0.6 is 0 Å². The number of benzene rings is 2. The molecule has 2 amide bonds. The fourth-order valence-electron chi connectivity index (χ4n) is 2.76. The van der Waals surface area contributed by atoms with Gasteiger partial charge in [-0.1, -0.05) is 30.3 Å². The van der Waals surface area contributed by atoms with Crippen LogP contribution in [0.2, 0.25) is 0 Å². The van der Waals surface area contributed by atoms with Crippen LogP contribution in [0.5, 0.6) is 0 Å². The lowest BCUT2D eigenvalue weighted by Crippen LogP contribution is -2.46. The van der Waals surface area contributed by atoms with Crippen molar-refractivity contribution in [2.45, 2.75) is 13.0 Å². The molecule has 1 N–H and O–H groups in total. The molecule has 0 aliphatic carbocycles. The fourth-order valence-corrected chi connectivity index (χ4v) is 2.76. The van der Waals surface area contributed by atoms with Gasteiger partial charge in [-0.2, -0.15) is 0 Å². The Bertz CT molecular complexity index is 746. The van der Waals surface area contributed by atoms with Gasteiger partial charge in [0.15, 0.2) is 0 Å². The molecule has 2 aromatic rings. The zero-order valence-corrected chi connectivity index (χ0v) is 11.8. The van der Waals surface area contributed by atoms with Crippen molar-refractivity contribution in [2.24, 2.45) is 0 Å². The molecule has 1 aliphatic rings. The van der Waals surface area contributed by atoms with Crippen LogP contribution in [-0.2, 0) is 4.79 Å². The zero-order valence-electron chi connectivity index (χ0n) is 11.8. The highest BCUT2D eigenvalue weighted by molar-refractivity contribution is 6.26. The maximum absolute atomic E-state index is 12.6. The molecule has 0 unspecified atom stereocenters. The Hall–Kier alpha value is -2.62. The number of hydrogen-bond donors (Lipinski definition) is 1. The number of nitrogens with one attached hydrogen (secondary N) is 1.